The smallest absolute Gasteiger partial charge is 0.340 e. The van der Waals surface area contributed by atoms with Crippen LogP contribution in [-0.4, -0.2) is 31.8 Å². The van der Waals surface area contributed by atoms with Gasteiger partial charge in [0.05, 0.1) is 32.1 Å². The van der Waals surface area contributed by atoms with Crippen LogP contribution in [0, 0.1) is 0 Å². The highest BCUT2D eigenvalue weighted by Gasteiger charge is 2.18. The van der Waals surface area contributed by atoms with Crippen molar-refractivity contribution < 1.29 is 19.0 Å². The summed E-state index contributed by atoms with van der Waals surface area (Å²) in [6, 6.07) is 15.3. The van der Waals surface area contributed by atoms with Gasteiger partial charge in [-0.1, -0.05) is 36.4 Å². The van der Waals surface area contributed by atoms with E-state index in [0.29, 0.717) is 28.7 Å². The van der Waals surface area contributed by atoms with Crippen molar-refractivity contribution in [3.63, 3.8) is 0 Å². The normalized spacial score (nSPS) is 11.2. The van der Waals surface area contributed by atoms with Gasteiger partial charge in [-0.3, -0.25) is 0 Å². The van der Waals surface area contributed by atoms with Crippen LogP contribution in [0.1, 0.15) is 17.5 Å². The van der Waals surface area contributed by atoms with Crippen molar-refractivity contribution in [2.75, 3.05) is 20.8 Å². The summed E-state index contributed by atoms with van der Waals surface area (Å²) in [4.78, 5) is 17.0. The molecule has 2 aromatic carbocycles. The number of aromatic nitrogens is 1. The van der Waals surface area contributed by atoms with Gasteiger partial charge in [-0.25, -0.2) is 9.78 Å². The number of thiazole rings is 1. The predicted molar refractivity (Wildman–Crippen MR) is 112 cm³/mol. The van der Waals surface area contributed by atoms with Crippen molar-refractivity contribution in [2.24, 2.45) is 0 Å². The summed E-state index contributed by atoms with van der Waals surface area (Å²) in [6.45, 7) is 2.45. The Balaban J connectivity index is 1.99. The fourth-order valence-corrected chi connectivity index (χ4v) is 3.50. The van der Waals surface area contributed by atoms with E-state index in [1.54, 1.807) is 13.2 Å². The minimum atomic E-state index is -0.443. The molecule has 0 saturated carbocycles. The molecule has 0 radical (unpaired) electrons. The van der Waals surface area contributed by atoms with E-state index in [0.717, 1.165) is 16.8 Å². The molecule has 0 unspecified atom stereocenters. The number of benzene rings is 2. The summed E-state index contributed by atoms with van der Waals surface area (Å²) >= 11 is 1.40. The fourth-order valence-electron chi connectivity index (χ4n) is 2.67. The van der Waals surface area contributed by atoms with E-state index in [1.807, 2.05) is 60.8 Å². The van der Waals surface area contributed by atoms with Gasteiger partial charge in [0.25, 0.3) is 0 Å². The van der Waals surface area contributed by atoms with Crippen LogP contribution < -0.4 is 9.47 Å². The summed E-state index contributed by atoms with van der Waals surface area (Å²) < 4.78 is 15.9. The van der Waals surface area contributed by atoms with Crippen molar-refractivity contribution in [1.29, 1.82) is 0 Å². The Hall–Kier alpha value is -3.12. The Morgan fingerprint density at radius 3 is 2.57 bits per heavy atom. The average molecular weight is 395 g/mol. The molecule has 0 N–H and O–H groups in total. The second-order valence-corrected chi connectivity index (χ2v) is 6.65. The first-order valence-corrected chi connectivity index (χ1v) is 9.66. The molecule has 144 valence electrons. The molecule has 3 rings (SSSR count). The Kier molecular flexibility index (Phi) is 6.45. The van der Waals surface area contributed by atoms with Gasteiger partial charge in [-0.05, 0) is 30.7 Å². The lowest BCUT2D eigenvalue weighted by Crippen LogP contribution is -2.04. The summed E-state index contributed by atoms with van der Waals surface area (Å²) in [5.74, 6) is 0.813. The Bertz CT molecular complexity index is 979. The van der Waals surface area contributed by atoms with Crippen molar-refractivity contribution in [3.05, 3.63) is 64.5 Å². The van der Waals surface area contributed by atoms with Crippen molar-refractivity contribution in [3.8, 4) is 22.8 Å². The SMILES string of the molecule is CCOc1ccc(/C=C(\C(=O)OC)c2nc(-c3ccccc3)cs2)cc1OC. The first-order valence-electron chi connectivity index (χ1n) is 8.78. The average Bonchev–Trinajstić information content (AvgIpc) is 3.23. The van der Waals surface area contributed by atoms with Crippen LogP contribution in [0.25, 0.3) is 22.9 Å². The zero-order valence-corrected chi connectivity index (χ0v) is 16.8. The number of methoxy groups -OCH3 is 2. The molecular formula is C22H21NO4S. The number of carbonyl (C=O) groups is 1. The monoisotopic (exact) mass is 395 g/mol. The van der Waals surface area contributed by atoms with E-state index in [1.165, 1.54) is 18.4 Å². The molecule has 0 fully saturated rings. The molecule has 6 heteroatoms. The molecule has 0 aliphatic rings. The summed E-state index contributed by atoms with van der Waals surface area (Å²) in [5, 5.41) is 2.53. The fraction of sp³-hybridized carbons (Fsp3) is 0.182. The van der Waals surface area contributed by atoms with Gasteiger partial charge in [0.1, 0.15) is 5.01 Å². The second-order valence-electron chi connectivity index (χ2n) is 5.80. The van der Waals surface area contributed by atoms with Crippen LogP contribution in [0.15, 0.2) is 53.9 Å². The third-order valence-corrected chi connectivity index (χ3v) is 4.88. The van der Waals surface area contributed by atoms with Crippen LogP contribution >= 0.6 is 11.3 Å². The third kappa shape index (κ3) is 4.40. The number of esters is 1. The minimum absolute atomic E-state index is 0.390. The summed E-state index contributed by atoms with van der Waals surface area (Å²) in [7, 11) is 2.94. The standard InChI is InChI=1S/C22H21NO4S/c1-4-27-19-11-10-15(13-20(19)25-2)12-17(22(24)26-3)21-23-18(14-28-21)16-8-6-5-7-9-16/h5-14H,4H2,1-3H3/b17-12-. The van der Waals surface area contributed by atoms with Crippen molar-refractivity contribution in [1.82, 2.24) is 4.98 Å². The molecule has 0 aliphatic heterocycles. The number of carbonyl (C=O) groups excluding carboxylic acids is 1. The van der Waals surface area contributed by atoms with Crippen LogP contribution in [0.3, 0.4) is 0 Å². The lowest BCUT2D eigenvalue weighted by molar-refractivity contribution is -0.133. The van der Waals surface area contributed by atoms with E-state index in [4.69, 9.17) is 14.2 Å². The second kappa shape index (κ2) is 9.19. The van der Waals surface area contributed by atoms with Gasteiger partial charge in [0, 0.05) is 10.9 Å². The minimum Gasteiger partial charge on any atom is -0.493 e. The Morgan fingerprint density at radius 1 is 1.11 bits per heavy atom. The summed E-state index contributed by atoms with van der Waals surface area (Å²) in [6.07, 6.45) is 1.75. The Labute approximate surface area is 168 Å². The van der Waals surface area contributed by atoms with E-state index in [9.17, 15) is 4.79 Å². The van der Waals surface area contributed by atoms with Crippen LogP contribution in [0.2, 0.25) is 0 Å². The molecule has 3 aromatic rings. The molecule has 0 aliphatic carbocycles. The quantitative estimate of drug-likeness (QED) is 0.419. The molecule has 5 nitrogen and oxygen atoms in total. The zero-order chi connectivity index (χ0) is 19.9. The van der Waals surface area contributed by atoms with Gasteiger partial charge in [0.2, 0.25) is 0 Å². The van der Waals surface area contributed by atoms with E-state index < -0.39 is 5.97 Å². The maximum absolute atomic E-state index is 12.4. The molecule has 0 saturated heterocycles. The van der Waals surface area contributed by atoms with Gasteiger partial charge < -0.3 is 14.2 Å². The van der Waals surface area contributed by atoms with Gasteiger partial charge in [0.15, 0.2) is 11.5 Å². The molecule has 0 amide bonds. The van der Waals surface area contributed by atoms with E-state index in [-0.39, 0.29) is 0 Å². The molecule has 0 bridgehead atoms. The number of rotatable bonds is 7. The summed E-state index contributed by atoms with van der Waals surface area (Å²) in [5.41, 5.74) is 3.00. The highest BCUT2D eigenvalue weighted by Crippen LogP contribution is 2.32. The predicted octanol–water partition coefficient (Wildman–Crippen LogP) is 4.93. The molecule has 1 aromatic heterocycles. The lowest BCUT2D eigenvalue weighted by Gasteiger charge is -2.10. The molecular weight excluding hydrogens is 374 g/mol. The topological polar surface area (TPSA) is 57.7 Å². The Morgan fingerprint density at radius 2 is 1.89 bits per heavy atom. The van der Waals surface area contributed by atoms with Crippen molar-refractivity contribution in [2.45, 2.75) is 6.92 Å². The molecule has 1 heterocycles. The van der Waals surface area contributed by atoms with Gasteiger partial charge >= 0.3 is 5.97 Å². The van der Waals surface area contributed by atoms with E-state index in [2.05, 4.69) is 4.98 Å². The number of ether oxygens (including phenoxy) is 3. The van der Waals surface area contributed by atoms with Crippen LogP contribution in [0.4, 0.5) is 0 Å². The molecule has 0 spiro atoms. The number of hydrogen-bond donors (Lipinski definition) is 0. The van der Waals surface area contributed by atoms with Crippen LogP contribution in [0.5, 0.6) is 11.5 Å². The maximum atomic E-state index is 12.4. The lowest BCUT2D eigenvalue weighted by atomic mass is 10.1. The molecule has 28 heavy (non-hydrogen) atoms. The largest absolute Gasteiger partial charge is 0.493 e. The van der Waals surface area contributed by atoms with Gasteiger partial charge in [-0.15, -0.1) is 11.3 Å². The van der Waals surface area contributed by atoms with Crippen LogP contribution in [-0.2, 0) is 9.53 Å². The zero-order valence-electron chi connectivity index (χ0n) is 16.0. The number of hydrogen-bond acceptors (Lipinski definition) is 6. The highest BCUT2D eigenvalue weighted by atomic mass is 32.1. The first kappa shape index (κ1) is 19.6. The maximum Gasteiger partial charge on any atom is 0.340 e. The number of nitrogens with zero attached hydrogens (tertiary/aromatic N) is 1. The van der Waals surface area contributed by atoms with Gasteiger partial charge in [-0.2, -0.15) is 0 Å². The van der Waals surface area contributed by atoms with E-state index >= 15 is 0 Å². The third-order valence-electron chi connectivity index (χ3n) is 4.01. The first-order chi connectivity index (χ1) is 13.7. The molecule has 0 atom stereocenters. The highest BCUT2D eigenvalue weighted by molar-refractivity contribution is 7.11. The van der Waals surface area contributed by atoms with Crippen molar-refractivity contribution >= 4 is 29.0 Å².